The van der Waals surface area contributed by atoms with E-state index in [-0.39, 0.29) is 0 Å². The van der Waals surface area contributed by atoms with Crippen LogP contribution in [0.4, 0.5) is 0 Å². The summed E-state index contributed by atoms with van der Waals surface area (Å²) in [4.78, 5) is 0. The lowest BCUT2D eigenvalue weighted by Crippen LogP contribution is -2.17. The summed E-state index contributed by atoms with van der Waals surface area (Å²) < 4.78 is 10.6. The maximum Gasteiger partial charge on any atom is 0.123 e. The predicted octanol–water partition coefficient (Wildman–Crippen LogP) is 3.69. The van der Waals surface area contributed by atoms with Crippen molar-refractivity contribution in [3.8, 4) is 11.5 Å². The molecule has 0 atom stereocenters. The smallest absolute Gasteiger partial charge is 0.123 e. The molecule has 0 heterocycles. The molecule has 2 rings (SSSR count). The predicted molar refractivity (Wildman–Crippen MR) is 86.4 cm³/mol. The van der Waals surface area contributed by atoms with E-state index in [1.54, 1.807) is 14.2 Å². The zero-order valence-corrected chi connectivity index (χ0v) is 13.1. The van der Waals surface area contributed by atoms with Crippen molar-refractivity contribution in [1.82, 2.24) is 5.32 Å². The first-order chi connectivity index (χ1) is 10.2. The highest BCUT2D eigenvalue weighted by Gasteiger charge is 2.04. The van der Waals surface area contributed by atoms with Gasteiger partial charge in [-0.25, -0.2) is 0 Å². The molecule has 112 valence electrons. The molecule has 0 saturated carbocycles. The fourth-order valence-electron chi connectivity index (χ4n) is 2.17. The quantitative estimate of drug-likeness (QED) is 0.791. The molecule has 0 aliphatic carbocycles. The lowest BCUT2D eigenvalue weighted by molar-refractivity contribution is 0.397. The minimum atomic E-state index is 0.737. The maximum atomic E-state index is 5.98. The summed E-state index contributed by atoms with van der Waals surface area (Å²) in [7, 11) is 3.34. The Morgan fingerprint density at radius 2 is 1.90 bits per heavy atom. The highest BCUT2D eigenvalue weighted by molar-refractivity contribution is 6.30. The van der Waals surface area contributed by atoms with Crippen molar-refractivity contribution < 1.29 is 9.47 Å². The Morgan fingerprint density at radius 3 is 2.62 bits per heavy atom. The van der Waals surface area contributed by atoms with Crippen LogP contribution in [-0.2, 0) is 13.0 Å². The second kappa shape index (κ2) is 7.91. The molecular formula is C17H20ClNO2. The van der Waals surface area contributed by atoms with Crippen molar-refractivity contribution >= 4 is 11.6 Å². The summed E-state index contributed by atoms with van der Waals surface area (Å²) >= 11 is 5.98. The van der Waals surface area contributed by atoms with Gasteiger partial charge in [-0.2, -0.15) is 0 Å². The zero-order chi connectivity index (χ0) is 15.1. The maximum absolute atomic E-state index is 5.98. The minimum Gasteiger partial charge on any atom is -0.497 e. The number of benzene rings is 2. The van der Waals surface area contributed by atoms with Gasteiger partial charge < -0.3 is 14.8 Å². The first-order valence-corrected chi connectivity index (χ1v) is 7.27. The van der Waals surface area contributed by atoms with E-state index in [0.717, 1.165) is 41.6 Å². The molecule has 2 aromatic rings. The number of hydrogen-bond donors (Lipinski definition) is 1. The van der Waals surface area contributed by atoms with Crippen LogP contribution in [0.25, 0.3) is 0 Å². The molecule has 0 aliphatic heterocycles. The normalized spacial score (nSPS) is 10.4. The highest BCUT2D eigenvalue weighted by atomic mass is 35.5. The number of methoxy groups -OCH3 is 2. The van der Waals surface area contributed by atoms with Crippen LogP contribution in [0.2, 0.25) is 5.02 Å². The van der Waals surface area contributed by atoms with Crippen LogP contribution in [-0.4, -0.2) is 20.8 Å². The first kappa shape index (κ1) is 15.7. The number of nitrogens with one attached hydrogen (secondary N) is 1. The van der Waals surface area contributed by atoms with Crippen LogP contribution >= 0.6 is 11.6 Å². The van der Waals surface area contributed by atoms with E-state index in [0.29, 0.717) is 0 Å². The first-order valence-electron chi connectivity index (χ1n) is 6.89. The van der Waals surface area contributed by atoms with Gasteiger partial charge in [-0.1, -0.05) is 23.7 Å². The van der Waals surface area contributed by atoms with Crippen molar-refractivity contribution in [1.29, 1.82) is 0 Å². The van der Waals surface area contributed by atoms with E-state index in [9.17, 15) is 0 Å². The monoisotopic (exact) mass is 305 g/mol. The van der Waals surface area contributed by atoms with E-state index in [1.165, 1.54) is 5.56 Å². The molecule has 21 heavy (non-hydrogen) atoms. The van der Waals surface area contributed by atoms with Gasteiger partial charge in [0.2, 0.25) is 0 Å². The molecule has 0 saturated heterocycles. The Morgan fingerprint density at radius 1 is 1.05 bits per heavy atom. The van der Waals surface area contributed by atoms with Crippen LogP contribution in [0.5, 0.6) is 11.5 Å². The van der Waals surface area contributed by atoms with Crippen molar-refractivity contribution in [2.75, 3.05) is 20.8 Å². The summed E-state index contributed by atoms with van der Waals surface area (Å²) in [5.74, 6) is 1.70. The summed E-state index contributed by atoms with van der Waals surface area (Å²) in [6.45, 7) is 1.61. The third-order valence-electron chi connectivity index (χ3n) is 3.28. The summed E-state index contributed by atoms with van der Waals surface area (Å²) in [6, 6.07) is 13.8. The van der Waals surface area contributed by atoms with Gasteiger partial charge in [-0.15, -0.1) is 0 Å². The molecule has 0 unspecified atom stereocenters. The molecule has 0 amide bonds. The number of halogens is 1. The van der Waals surface area contributed by atoms with Crippen LogP contribution in [0, 0.1) is 0 Å². The minimum absolute atomic E-state index is 0.737. The largest absolute Gasteiger partial charge is 0.497 e. The molecule has 0 aliphatic rings. The van der Waals surface area contributed by atoms with Gasteiger partial charge in [0.25, 0.3) is 0 Å². The average Bonchev–Trinajstić information content (AvgIpc) is 2.51. The second-order valence-corrected chi connectivity index (χ2v) is 5.17. The van der Waals surface area contributed by atoms with Crippen molar-refractivity contribution in [3.63, 3.8) is 0 Å². The molecule has 0 fully saturated rings. The summed E-state index contributed by atoms with van der Waals surface area (Å²) in [5, 5.41) is 4.20. The summed E-state index contributed by atoms with van der Waals surface area (Å²) in [6.07, 6.45) is 0.937. The lowest BCUT2D eigenvalue weighted by Gasteiger charge is -2.11. The Labute approximate surface area is 130 Å². The van der Waals surface area contributed by atoms with Crippen LogP contribution < -0.4 is 14.8 Å². The van der Waals surface area contributed by atoms with E-state index in [1.807, 2.05) is 36.4 Å². The third kappa shape index (κ3) is 4.66. The van der Waals surface area contributed by atoms with Crippen LogP contribution in [0.1, 0.15) is 11.1 Å². The van der Waals surface area contributed by atoms with E-state index >= 15 is 0 Å². The number of rotatable bonds is 7. The molecule has 1 N–H and O–H groups in total. The fourth-order valence-corrected chi connectivity index (χ4v) is 2.38. The van der Waals surface area contributed by atoms with Crippen LogP contribution in [0.15, 0.2) is 42.5 Å². The lowest BCUT2D eigenvalue weighted by atomic mass is 10.1. The average molecular weight is 306 g/mol. The van der Waals surface area contributed by atoms with Crippen molar-refractivity contribution in [2.45, 2.75) is 13.0 Å². The molecule has 0 radical (unpaired) electrons. The molecular weight excluding hydrogens is 286 g/mol. The molecule has 2 aromatic carbocycles. The van der Waals surface area contributed by atoms with Gasteiger partial charge in [0.05, 0.1) is 14.2 Å². The van der Waals surface area contributed by atoms with Gasteiger partial charge in [-0.3, -0.25) is 0 Å². The van der Waals surface area contributed by atoms with Gasteiger partial charge in [0.1, 0.15) is 11.5 Å². The Hall–Kier alpha value is -1.71. The van der Waals surface area contributed by atoms with Crippen LogP contribution in [0.3, 0.4) is 0 Å². The Bertz CT molecular complexity index is 587. The molecule has 0 spiro atoms. The Balaban J connectivity index is 1.88. The van der Waals surface area contributed by atoms with E-state index < -0.39 is 0 Å². The highest BCUT2D eigenvalue weighted by Crippen LogP contribution is 2.23. The zero-order valence-electron chi connectivity index (χ0n) is 12.4. The van der Waals surface area contributed by atoms with Crippen molar-refractivity contribution in [2.24, 2.45) is 0 Å². The number of ether oxygens (including phenoxy) is 2. The standard InChI is InChI=1S/C17H20ClNO2/c1-20-16-6-7-17(21-2)14(11-16)12-19-9-8-13-4-3-5-15(18)10-13/h3-7,10-11,19H,8-9,12H2,1-2H3. The topological polar surface area (TPSA) is 30.5 Å². The summed E-state index contributed by atoms with van der Waals surface area (Å²) in [5.41, 5.74) is 2.32. The van der Waals surface area contributed by atoms with Gasteiger partial charge in [0.15, 0.2) is 0 Å². The second-order valence-electron chi connectivity index (χ2n) is 4.73. The third-order valence-corrected chi connectivity index (χ3v) is 3.52. The van der Waals surface area contributed by atoms with Gasteiger partial charge in [0, 0.05) is 17.1 Å². The van der Waals surface area contributed by atoms with Gasteiger partial charge in [-0.05, 0) is 48.9 Å². The number of hydrogen-bond acceptors (Lipinski definition) is 3. The van der Waals surface area contributed by atoms with Gasteiger partial charge >= 0.3 is 0 Å². The fraction of sp³-hybridized carbons (Fsp3) is 0.294. The molecule has 3 nitrogen and oxygen atoms in total. The van der Waals surface area contributed by atoms with Crippen molar-refractivity contribution in [3.05, 3.63) is 58.6 Å². The Kier molecular flexibility index (Phi) is 5.90. The molecule has 0 aromatic heterocycles. The SMILES string of the molecule is COc1ccc(OC)c(CNCCc2cccc(Cl)c2)c1. The van der Waals surface area contributed by atoms with E-state index in [4.69, 9.17) is 21.1 Å². The molecule has 4 heteroatoms. The van der Waals surface area contributed by atoms with E-state index in [2.05, 4.69) is 11.4 Å². The molecule has 0 bridgehead atoms.